The second-order valence-electron chi connectivity index (χ2n) is 8.49. The maximum absolute atomic E-state index is 10.9. The number of aliphatic hydroxyl groups is 3. The summed E-state index contributed by atoms with van der Waals surface area (Å²) in [6.07, 6.45) is 11.7. The van der Waals surface area contributed by atoms with Crippen molar-refractivity contribution in [3.8, 4) is 0 Å². The summed E-state index contributed by atoms with van der Waals surface area (Å²) in [5, 5.41) is 39.8. The molecule has 2 aliphatic rings. The lowest BCUT2D eigenvalue weighted by atomic mass is 9.88. The van der Waals surface area contributed by atoms with Crippen LogP contribution in [0, 0.1) is 29.6 Å². The molecule has 0 saturated heterocycles. The van der Waals surface area contributed by atoms with Gasteiger partial charge in [0.05, 0.1) is 24.2 Å². The molecule has 5 nitrogen and oxygen atoms in total. The first kappa shape index (κ1) is 22.1. The van der Waals surface area contributed by atoms with Crippen LogP contribution in [0.25, 0.3) is 0 Å². The highest BCUT2D eigenvalue weighted by Crippen LogP contribution is 2.42. The summed E-state index contributed by atoms with van der Waals surface area (Å²) in [5.41, 5.74) is 0. The summed E-state index contributed by atoms with van der Waals surface area (Å²) in [4.78, 5) is 10.9. The second kappa shape index (κ2) is 10.4. The average molecular weight is 381 g/mol. The summed E-state index contributed by atoms with van der Waals surface area (Å²) < 4.78 is 0. The lowest BCUT2D eigenvalue weighted by Gasteiger charge is -2.21. The zero-order valence-electron chi connectivity index (χ0n) is 16.6. The van der Waals surface area contributed by atoms with E-state index in [9.17, 15) is 20.1 Å². The molecule has 2 unspecified atom stereocenters. The van der Waals surface area contributed by atoms with Gasteiger partial charge in [0.25, 0.3) is 0 Å². The van der Waals surface area contributed by atoms with Crippen LogP contribution in [0.1, 0.15) is 58.8 Å². The lowest BCUT2D eigenvalue weighted by Crippen LogP contribution is -2.21. The zero-order valence-corrected chi connectivity index (χ0v) is 16.6. The summed E-state index contributed by atoms with van der Waals surface area (Å²) in [6, 6.07) is 0. The largest absolute Gasteiger partial charge is 0.481 e. The smallest absolute Gasteiger partial charge is 0.306 e. The van der Waals surface area contributed by atoms with Crippen molar-refractivity contribution >= 4 is 5.97 Å². The van der Waals surface area contributed by atoms with Gasteiger partial charge in [-0.05, 0) is 43.4 Å². The van der Waals surface area contributed by atoms with Crippen LogP contribution >= 0.6 is 0 Å². The van der Waals surface area contributed by atoms with Crippen molar-refractivity contribution in [3.63, 3.8) is 0 Å². The first-order chi connectivity index (χ1) is 12.8. The molecular formula is C22H36O5. The fraction of sp³-hybridized carbons (Fsp3) is 0.773. The van der Waals surface area contributed by atoms with Crippen LogP contribution in [0.15, 0.2) is 24.3 Å². The van der Waals surface area contributed by atoms with Crippen LogP contribution in [-0.4, -0.2) is 44.7 Å². The number of unbranched alkanes of at least 4 members (excludes halogenated alkanes) is 1. The fourth-order valence-corrected chi connectivity index (χ4v) is 4.17. The molecule has 0 aromatic heterocycles. The van der Waals surface area contributed by atoms with Crippen LogP contribution in [0.3, 0.4) is 0 Å². The molecule has 2 saturated carbocycles. The third kappa shape index (κ3) is 6.44. The van der Waals surface area contributed by atoms with Gasteiger partial charge in [0.2, 0.25) is 0 Å². The van der Waals surface area contributed by atoms with Crippen molar-refractivity contribution in [2.75, 3.05) is 0 Å². The monoisotopic (exact) mass is 380 g/mol. The number of hydrogen-bond donors (Lipinski definition) is 4. The molecule has 0 bridgehead atoms. The fourth-order valence-electron chi connectivity index (χ4n) is 4.17. The topological polar surface area (TPSA) is 98.0 Å². The zero-order chi connectivity index (χ0) is 20.0. The molecule has 0 heterocycles. The van der Waals surface area contributed by atoms with E-state index in [4.69, 9.17) is 5.11 Å². The van der Waals surface area contributed by atoms with Crippen molar-refractivity contribution in [2.45, 2.75) is 77.1 Å². The van der Waals surface area contributed by atoms with Crippen LogP contribution < -0.4 is 0 Å². The molecule has 0 aromatic rings. The number of allylic oxidation sites excluding steroid dienone is 2. The summed E-state index contributed by atoms with van der Waals surface area (Å²) in [5.74, 6) is -0.706. The molecule has 5 heteroatoms. The van der Waals surface area contributed by atoms with Gasteiger partial charge in [0.1, 0.15) is 0 Å². The standard InChI is InChI=1S/C22H36O5/c1-3-4-7-14(2)19(23)11-10-17-16(20(24)13-21(17)25)9-6-5-8-15-12-18(15)22(26)27/h5-6,10-11,14-21,23-25H,3-4,7-9,12-13H2,1-2H3,(H,26,27)/t14-,15?,16-,17-,18?,19+,20+,21-/m1/s1. The van der Waals surface area contributed by atoms with Crippen molar-refractivity contribution in [1.29, 1.82) is 0 Å². The first-order valence-electron chi connectivity index (χ1n) is 10.4. The Hall–Kier alpha value is -1.17. The number of carboxylic acids is 1. The molecule has 2 fully saturated rings. The summed E-state index contributed by atoms with van der Waals surface area (Å²) in [6.45, 7) is 4.17. The number of rotatable bonds is 11. The van der Waals surface area contributed by atoms with E-state index >= 15 is 0 Å². The minimum atomic E-state index is -0.709. The summed E-state index contributed by atoms with van der Waals surface area (Å²) >= 11 is 0. The second-order valence-corrected chi connectivity index (χ2v) is 8.49. The molecule has 8 atom stereocenters. The Bertz CT molecular complexity index is 529. The van der Waals surface area contributed by atoms with Crippen LogP contribution in [0.2, 0.25) is 0 Å². The normalized spacial score (nSPS) is 35.7. The minimum absolute atomic E-state index is 0.0693. The maximum Gasteiger partial charge on any atom is 0.306 e. The molecule has 154 valence electrons. The number of carboxylic acid groups (broad SMARTS) is 1. The Morgan fingerprint density at radius 3 is 2.48 bits per heavy atom. The molecule has 0 amide bonds. The van der Waals surface area contributed by atoms with Crippen molar-refractivity contribution < 1.29 is 25.2 Å². The lowest BCUT2D eigenvalue weighted by molar-refractivity contribution is -0.138. The Balaban J connectivity index is 1.84. The van der Waals surface area contributed by atoms with Crippen molar-refractivity contribution in [2.24, 2.45) is 29.6 Å². The quantitative estimate of drug-likeness (QED) is 0.413. The molecule has 2 rings (SSSR count). The molecule has 0 aromatic carbocycles. The number of aliphatic hydroxyl groups excluding tert-OH is 3. The predicted octanol–water partition coefficient (Wildman–Crippen LogP) is 3.14. The van der Waals surface area contributed by atoms with Crippen molar-refractivity contribution in [1.82, 2.24) is 0 Å². The van der Waals surface area contributed by atoms with Gasteiger partial charge in [-0.15, -0.1) is 0 Å². The van der Waals surface area contributed by atoms with Gasteiger partial charge >= 0.3 is 5.97 Å². The van der Waals surface area contributed by atoms with E-state index in [1.807, 2.05) is 25.2 Å². The average Bonchev–Trinajstić information content (AvgIpc) is 3.35. The van der Waals surface area contributed by atoms with Gasteiger partial charge in [-0.3, -0.25) is 4.79 Å². The Kier molecular flexibility index (Phi) is 8.52. The van der Waals surface area contributed by atoms with Gasteiger partial charge in [-0.2, -0.15) is 0 Å². The van der Waals surface area contributed by atoms with E-state index in [0.29, 0.717) is 12.8 Å². The third-order valence-corrected chi connectivity index (χ3v) is 6.30. The molecule has 27 heavy (non-hydrogen) atoms. The van der Waals surface area contributed by atoms with E-state index in [1.54, 1.807) is 6.08 Å². The summed E-state index contributed by atoms with van der Waals surface area (Å²) in [7, 11) is 0. The van der Waals surface area contributed by atoms with E-state index in [-0.39, 0.29) is 29.6 Å². The third-order valence-electron chi connectivity index (χ3n) is 6.30. The molecule has 2 aliphatic carbocycles. The highest BCUT2D eigenvalue weighted by molar-refractivity contribution is 5.73. The van der Waals surface area contributed by atoms with Crippen molar-refractivity contribution in [3.05, 3.63) is 24.3 Å². The molecule has 0 aliphatic heterocycles. The van der Waals surface area contributed by atoms with Crippen LogP contribution in [0.5, 0.6) is 0 Å². The number of carbonyl (C=O) groups is 1. The number of hydrogen-bond acceptors (Lipinski definition) is 4. The highest BCUT2D eigenvalue weighted by atomic mass is 16.4. The predicted molar refractivity (Wildman–Crippen MR) is 105 cm³/mol. The van der Waals surface area contributed by atoms with Gasteiger partial charge in [0, 0.05) is 12.3 Å². The van der Waals surface area contributed by atoms with E-state index < -0.39 is 24.3 Å². The Morgan fingerprint density at radius 2 is 1.85 bits per heavy atom. The highest BCUT2D eigenvalue weighted by Gasteiger charge is 2.42. The van der Waals surface area contributed by atoms with E-state index in [0.717, 1.165) is 32.1 Å². The van der Waals surface area contributed by atoms with Gasteiger partial charge < -0.3 is 20.4 Å². The maximum atomic E-state index is 10.9. The van der Waals surface area contributed by atoms with Gasteiger partial charge in [-0.1, -0.05) is 51.0 Å². The van der Waals surface area contributed by atoms with E-state index in [1.165, 1.54) is 0 Å². The van der Waals surface area contributed by atoms with Crippen LogP contribution in [0.4, 0.5) is 0 Å². The molecule has 4 N–H and O–H groups in total. The minimum Gasteiger partial charge on any atom is -0.481 e. The van der Waals surface area contributed by atoms with E-state index in [2.05, 4.69) is 6.92 Å². The molecule has 0 spiro atoms. The molecule has 0 radical (unpaired) electrons. The van der Waals surface area contributed by atoms with Gasteiger partial charge in [-0.25, -0.2) is 0 Å². The first-order valence-corrected chi connectivity index (χ1v) is 10.4. The SMILES string of the molecule is CCCC[C@@H](C)[C@@H](O)C=C[C@@H]1[C@@H](CC=CCC2CC2C(=O)O)[C@@H](O)C[C@H]1O. The van der Waals surface area contributed by atoms with Crippen LogP contribution in [-0.2, 0) is 4.79 Å². The molecular weight excluding hydrogens is 344 g/mol. The Morgan fingerprint density at radius 1 is 1.15 bits per heavy atom. The Labute approximate surface area is 162 Å². The number of aliphatic carboxylic acids is 1. The van der Waals surface area contributed by atoms with Gasteiger partial charge in [0.15, 0.2) is 0 Å².